The van der Waals surface area contributed by atoms with E-state index in [0.717, 1.165) is 6.07 Å². The van der Waals surface area contributed by atoms with Gasteiger partial charge in [0.15, 0.2) is 0 Å². The molecule has 1 aromatic rings. The van der Waals surface area contributed by atoms with E-state index >= 15 is 0 Å². The Morgan fingerprint density at radius 1 is 1.60 bits per heavy atom. The van der Waals surface area contributed by atoms with Crippen LogP contribution >= 0.6 is 11.6 Å². The van der Waals surface area contributed by atoms with Gasteiger partial charge in [-0.3, -0.25) is 14.9 Å². The highest BCUT2D eigenvalue weighted by Gasteiger charge is 2.31. The Morgan fingerprint density at radius 3 is 3.00 bits per heavy atom. The van der Waals surface area contributed by atoms with Gasteiger partial charge in [-0.2, -0.15) is 5.26 Å². The lowest BCUT2D eigenvalue weighted by atomic mass is 10.1. The number of piperazine rings is 1. The number of nitro benzene ring substituents is 1. The maximum absolute atomic E-state index is 12.4. The topological polar surface area (TPSA) is 99.3 Å². The zero-order valence-corrected chi connectivity index (χ0v) is 11.1. The molecule has 1 unspecified atom stereocenters. The number of halogens is 1. The molecular formula is C12H11ClN4O3. The molecule has 7 nitrogen and oxygen atoms in total. The van der Waals surface area contributed by atoms with Crippen molar-refractivity contribution in [2.24, 2.45) is 0 Å². The molecule has 20 heavy (non-hydrogen) atoms. The Balaban J connectivity index is 2.38. The van der Waals surface area contributed by atoms with E-state index in [-0.39, 0.29) is 16.3 Å². The van der Waals surface area contributed by atoms with Crippen LogP contribution < -0.4 is 5.32 Å². The van der Waals surface area contributed by atoms with Crippen molar-refractivity contribution in [3.05, 3.63) is 38.9 Å². The number of nitro groups is 1. The molecule has 8 heteroatoms. The molecule has 0 radical (unpaired) electrons. The Labute approximate surface area is 119 Å². The number of nitrogens with zero attached hydrogens (tertiary/aromatic N) is 3. The van der Waals surface area contributed by atoms with Gasteiger partial charge in [0.25, 0.3) is 11.6 Å². The molecule has 2 rings (SSSR count). The van der Waals surface area contributed by atoms with E-state index in [2.05, 4.69) is 5.32 Å². The van der Waals surface area contributed by atoms with Gasteiger partial charge in [0.05, 0.1) is 11.0 Å². The highest BCUT2D eigenvalue weighted by molar-refractivity contribution is 6.31. The van der Waals surface area contributed by atoms with Crippen LogP contribution in [0.2, 0.25) is 5.02 Å². The molecule has 0 saturated carbocycles. The number of carbonyl (C=O) groups excluding carboxylic acids is 1. The van der Waals surface area contributed by atoms with Gasteiger partial charge in [0.1, 0.15) is 11.6 Å². The standard InChI is InChI=1S/C12H11ClN4O3/c13-8-1-2-10(11(5-8)17(19)20)12(18)16-4-3-15-7-9(16)6-14/h1-2,5,9,15H,3-4,7H2. The fraction of sp³-hybridized carbons (Fsp3) is 0.333. The van der Waals surface area contributed by atoms with E-state index < -0.39 is 16.9 Å². The van der Waals surface area contributed by atoms with Crippen LogP contribution in [0.4, 0.5) is 5.69 Å². The van der Waals surface area contributed by atoms with Gasteiger partial charge >= 0.3 is 0 Å². The van der Waals surface area contributed by atoms with E-state index in [9.17, 15) is 14.9 Å². The van der Waals surface area contributed by atoms with Crippen LogP contribution in [0.15, 0.2) is 18.2 Å². The summed E-state index contributed by atoms with van der Waals surface area (Å²) in [5.74, 6) is -0.526. The van der Waals surface area contributed by atoms with E-state index in [1.54, 1.807) is 0 Å². The summed E-state index contributed by atoms with van der Waals surface area (Å²) in [6.07, 6.45) is 0. The normalized spacial score (nSPS) is 18.4. The van der Waals surface area contributed by atoms with Crippen molar-refractivity contribution >= 4 is 23.2 Å². The molecule has 0 aliphatic carbocycles. The zero-order chi connectivity index (χ0) is 14.7. The first-order valence-electron chi connectivity index (χ1n) is 5.90. The number of benzene rings is 1. The second kappa shape index (κ2) is 5.86. The van der Waals surface area contributed by atoms with Crippen molar-refractivity contribution in [2.45, 2.75) is 6.04 Å². The maximum Gasteiger partial charge on any atom is 0.283 e. The van der Waals surface area contributed by atoms with Crippen LogP contribution in [-0.2, 0) is 0 Å². The van der Waals surface area contributed by atoms with Crippen molar-refractivity contribution in [3.63, 3.8) is 0 Å². The van der Waals surface area contributed by atoms with Crippen molar-refractivity contribution in [2.75, 3.05) is 19.6 Å². The zero-order valence-electron chi connectivity index (χ0n) is 10.4. The van der Waals surface area contributed by atoms with Gasteiger partial charge in [-0.05, 0) is 12.1 Å². The van der Waals surface area contributed by atoms with Gasteiger partial charge < -0.3 is 10.2 Å². The fourth-order valence-corrected chi connectivity index (χ4v) is 2.22. The molecule has 1 N–H and O–H groups in total. The molecule has 0 bridgehead atoms. The predicted molar refractivity (Wildman–Crippen MR) is 71.4 cm³/mol. The SMILES string of the molecule is N#CC1CNCCN1C(=O)c1ccc(Cl)cc1[N+](=O)[O-]. The largest absolute Gasteiger partial charge is 0.320 e. The van der Waals surface area contributed by atoms with Gasteiger partial charge in [0, 0.05) is 30.7 Å². The molecule has 0 spiro atoms. The van der Waals surface area contributed by atoms with Crippen molar-refractivity contribution in [3.8, 4) is 6.07 Å². The molecular weight excluding hydrogens is 284 g/mol. The third kappa shape index (κ3) is 2.71. The molecule has 104 valence electrons. The molecule has 1 fully saturated rings. The summed E-state index contributed by atoms with van der Waals surface area (Å²) in [6.45, 7) is 1.23. The second-order valence-corrected chi connectivity index (χ2v) is 4.70. The molecule has 1 heterocycles. The van der Waals surface area contributed by atoms with E-state index in [0.29, 0.717) is 19.6 Å². The van der Waals surface area contributed by atoms with Crippen molar-refractivity contribution in [1.29, 1.82) is 5.26 Å². The Bertz CT molecular complexity index is 599. The molecule has 1 amide bonds. The number of hydrogen-bond acceptors (Lipinski definition) is 5. The smallest absolute Gasteiger partial charge is 0.283 e. The predicted octanol–water partition coefficient (Wildman–Crippen LogP) is 1.19. The van der Waals surface area contributed by atoms with Gasteiger partial charge in [-0.1, -0.05) is 11.6 Å². The van der Waals surface area contributed by atoms with Crippen molar-refractivity contribution < 1.29 is 9.72 Å². The third-order valence-electron chi connectivity index (χ3n) is 3.04. The van der Waals surface area contributed by atoms with Crippen LogP contribution in [0.25, 0.3) is 0 Å². The number of nitriles is 1. The Hall–Kier alpha value is -2.17. The lowest BCUT2D eigenvalue weighted by molar-refractivity contribution is -0.385. The highest BCUT2D eigenvalue weighted by atomic mass is 35.5. The number of nitrogens with one attached hydrogen (secondary N) is 1. The first-order valence-corrected chi connectivity index (χ1v) is 6.27. The van der Waals surface area contributed by atoms with Gasteiger partial charge in [-0.25, -0.2) is 0 Å². The monoisotopic (exact) mass is 294 g/mol. The summed E-state index contributed by atoms with van der Waals surface area (Å²) in [5.41, 5.74) is -0.403. The summed E-state index contributed by atoms with van der Waals surface area (Å²) >= 11 is 5.72. The van der Waals surface area contributed by atoms with Crippen LogP contribution in [0, 0.1) is 21.4 Å². The second-order valence-electron chi connectivity index (χ2n) is 4.27. The fourth-order valence-electron chi connectivity index (χ4n) is 2.05. The summed E-state index contributed by atoms with van der Waals surface area (Å²) in [7, 11) is 0. The molecule has 1 aromatic carbocycles. The van der Waals surface area contributed by atoms with Crippen molar-refractivity contribution in [1.82, 2.24) is 10.2 Å². The van der Waals surface area contributed by atoms with Crippen LogP contribution in [0.3, 0.4) is 0 Å². The molecule has 1 aliphatic rings. The lowest BCUT2D eigenvalue weighted by Crippen LogP contribution is -2.53. The molecule has 1 saturated heterocycles. The Morgan fingerprint density at radius 2 is 2.35 bits per heavy atom. The minimum atomic E-state index is -0.650. The number of rotatable bonds is 2. The molecule has 1 atom stereocenters. The van der Waals surface area contributed by atoms with E-state index in [1.807, 2.05) is 6.07 Å². The Kier molecular flexibility index (Phi) is 4.17. The average Bonchev–Trinajstić information content (AvgIpc) is 2.46. The van der Waals surface area contributed by atoms with Gasteiger partial charge in [0.2, 0.25) is 0 Å². The highest BCUT2D eigenvalue weighted by Crippen LogP contribution is 2.25. The number of hydrogen-bond donors (Lipinski definition) is 1. The summed E-state index contributed by atoms with van der Waals surface area (Å²) < 4.78 is 0. The first kappa shape index (κ1) is 14.2. The van der Waals surface area contributed by atoms with Crippen LogP contribution in [-0.4, -0.2) is 41.4 Å². The number of amides is 1. The minimum absolute atomic E-state index is 0.0541. The first-order chi connectivity index (χ1) is 9.54. The van der Waals surface area contributed by atoms with Crippen LogP contribution in [0.1, 0.15) is 10.4 Å². The molecule has 1 aliphatic heterocycles. The number of carbonyl (C=O) groups is 1. The minimum Gasteiger partial charge on any atom is -0.320 e. The maximum atomic E-state index is 12.4. The van der Waals surface area contributed by atoms with E-state index in [1.165, 1.54) is 17.0 Å². The average molecular weight is 295 g/mol. The van der Waals surface area contributed by atoms with Crippen LogP contribution in [0.5, 0.6) is 0 Å². The molecule has 0 aromatic heterocycles. The lowest BCUT2D eigenvalue weighted by Gasteiger charge is -2.31. The summed E-state index contributed by atoms with van der Waals surface area (Å²) in [4.78, 5) is 24.1. The third-order valence-corrected chi connectivity index (χ3v) is 3.28. The summed E-state index contributed by atoms with van der Waals surface area (Å²) in [5, 5.41) is 23.2. The van der Waals surface area contributed by atoms with Gasteiger partial charge in [-0.15, -0.1) is 0 Å². The van der Waals surface area contributed by atoms with E-state index in [4.69, 9.17) is 16.9 Å². The quantitative estimate of drug-likeness (QED) is 0.652. The summed E-state index contributed by atoms with van der Waals surface area (Å²) in [6, 6.07) is 5.26.